The van der Waals surface area contributed by atoms with Crippen LogP contribution in [0.4, 0.5) is 8.78 Å². The SMILES string of the molecule is CC1CCC2(CC1)CCN(C(=O)C1CC1(F)F)C2. The molecule has 3 aliphatic rings. The van der Waals surface area contributed by atoms with Gasteiger partial charge in [-0.15, -0.1) is 0 Å². The fourth-order valence-electron chi connectivity index (χ4n) is 3.61. The quantitative estimate of drug-likeness (QED) is 0.707. The van der Waals surface area contributed by atoms with Crippen molar-refractivity contribution in [1.82, 2.24) is 4.90 Å². The molecule has 1 aliphatic heterocycles. The minimum absolute atomic E-state index is 0.230. The summed E-state index contributed by atoms with van der Waals surface area (Å²) < 4.78 is 25.9. The predicted molar refractivity (Wildman–Crippen MR) is 64.3 cm³/mol. The van der Waals surface area contributed by atoms with Crippen LogP contribution in [-0.4, -0.2) is 29.8 Å². The number of likely N-dealkylation sites (tertiary alicyclic amines) is 1. The number of hydrogen-bond donors (Lipinski definition) is 0. The van der Waals surface area contributed by atoms with Gasteiger partial charge in [0.1, 0.15) is 5.92 Å². The molecule has 0 aromatic heterocycles. The van der Waals surface area contributed by atoms with Gasteiger partial charge < -0.3 is 4.90 Å². The number of nitrogens with zero attached hydrogens (tertiary/aromatic N) is 1. The maximum atomic E-state index is 12.9. The van der Waals surface area contributed by atoms with Crippen molar-refractivity contribution in [2.24, 2.45) is 17.3 Å². The lowest BCUT2D eigenvalue weighted by Crippen LogP contribution is -2.35. The number of alkyl halides is 2. The lowest BCUT2D eigenvalue weighted by molar-refractivity contribution is -0.134. The molecular formula is C14H21F2NO. The highest BCUT2D eigenvalue weighted by molar-refractivity contribution is 5.83. The number of carbonyl (C=O) groups is 1. The summed E-state index contributed by atoms with van der Waals surface area (Å²) in [7, 11) is 0. The standard InChI is InChI=1S/C14H21F2NO/c1-10-2-4-13(5-3-10)6-7-17(9-13)12(18)11-8-14(11,15)16/h10-11H,2-9H2,1H3. The Morgan fingerprint density at radius 3 is 2.39 bits per heavy atom. The molecule has 18 heavy (non-hydrogen) atoms. The third kappa shape index (κ3) is 2.04. The van der Waals surface area contributed by atoms with E-state index in [0.29, 0.717) is 6.54 Å². The Kier molecular flexibility index (Phi) is 2.69. The van der Waals surface area contributed by atoms with E-state index in [-0.39, 0.29) is 17.7 Å². The Balaban J connectivity index is 1.60. The first kappa shape index (κ1) is 12.4. The second kappa shape index (κ2) is 3.91. The topological polar surface area (TPSA) is 20.3 Å². The van der Waals surface area contributed by atoms with E-state index in [0.717, 1.165) is 18.9 Å². The van der Waals surface area contributed by atoms with Gasteiger partial charge in [0.2, 0.25) is 5.91 Å². The second-order valence-electron chi connectivity index (χ2n) is 6.71. The number of carbonyl (C=O) groups excluding carboxylic acids is 1. The molecule has 0 aromatic carbocycles. The van der Waals surface area contributed by atoms with E-state index >= 15 is 0 Å². The van der Waals surface area contributed by atoms with Crippen LogP contribution in [0.25, 0.3) is 0 Å². The van der Waals surface area contributed by atoms with Crippen molar-refractivity contribution in [2.45, 2.75) is 51.4 Å². The van der Waals surface area contributed by atoms with Crippen LogP contribution >= 0.6 is 0 Å². The fourth-order valence-corrected chi connectivity index (χ4v) is 3.61. The average Bonchev–Trinajstić information content (AvgIpc) is 2.79. The number of hydrogen-bond acceptors (Lipinski definition) is 1. The average molecular weight is 257 g/mol. The van der Waals surface area contributed by atoms with Crippen molar-refractivity contribution in [3.05, 3.63) is 0 Å². The molecule has 4 heteroatoms. The van der Waals surface area contributed by atoms with Crippen LogP contribution in [0.3, 0.4) is 0 Å². The molecule has 1 heterocycles. The van der Waals surface area contributed by atoms with Crippen LogP contribution in [0.2, 0.25) is 0 Å². The zero-order valence-corrected chi connectivity index (χ0v) is 10.9. The molecule has 102 valence electrons. The maximum absolute atomic E-state index is 12.9. The Hall–Kier alpha value is -0.670. The first-order chi connectivity index (χ1) is 8.42. The summed E-state index contributed by atoms with van der Waals surface area (Å²) in [5.41, 5.74) is 0.256. The van der Waals surface area contributed by atoms with Crippen molar-refractivity contribution >= 4 is 5.91 Å². The second-order valence-corrected chi connectivity index (χ2v) is 6.71. The van der Waals surface area contributed by atoms with Crippen molar-refractivity contribution in [2.75, 3.05) is 13.1 Å². The first-order valence-electron chi connectivity index (χ1n) is 7.09. The van der Waals surface area contributed by atoms with Crippen LogP contribution in [-0.2, 0) is 4.79 Å². The largest absolute Gasteiger partial charge is 0.342 e. The molecule has 2 aliphatic carbocycles. The van der Waals surface area contributed by atoms with Crippen molar-refractivity contribution in [3.8, 4) is 0 Å². The fraction of sp³-hybridized carbons (Fsp3) is 0.929. The van der Waals surface area contributed by atoms with Gasteiger partial charge in [0, 0.05) is 19.5 Å². The van der Waals surface area contributed by atoms with E-state index in [4.69, 9.17) is 0 Å². The summed E-state index contributed by atoms with van der Waals surface area (Å²) in [6.07, 6.45) is 5.57. The molecule has 0 aromatic rings. The summed E-state index contributed by atoms with van der Waals surface area (Å²) in [6.45, 7) is 3.69. The maximum Gasteiger partial charge on any atom is 0.260 e. The van der Waals surface area contributed by atoms with Crippen LogP contribution in [0.5, 0.6) is 0 Å². The molecule has 1 saturated heterocycles. The zero-order chi connectivity index (χ0) is 13.0. The summed E-state index contributed by atoms with van der Waals surface area (Å²) >= 11 is 0. The third-order valence-electron chi connectivity index (χ3n) is 5.21. The summed E-state index contributed by atoms with van der Waals surface area (Å²) in [4.78, 5) is 13.7. The van der Waals surface area contributed by atoms with Crippen molar-refractivity contribution in [1.29, 1.82) is 0 Å². The van der Waals surface area contributed by atoms with Gasteiger partial charge in [-0.1, -0.05) is 19.8 Å². The van der Waals surface area contributed by atoms with E-state index in [2.05, 4.69) is 6.92 Å². The molecule has 2 saturated carbocycles. The van der Waals surface area contributed by atoms with Gasteiger partial charge in [-0.3, -0.25) is 4.79 Å². The Morgan fingerprint density at radius 1 is 1.22 bits per heavy atom. The van der Waals surface area contributed by atoms with Gasteiger partial charge in [-0.2, -0.15) is 0 Å². The number of halogens is 2. The molecule has 0 N–H and O–H groups in total. The highest BCUT2D eigenvalue weighted by Crippen LogP contribution is 2.51. The van der Waals surface area contributed by atoms with Crippen molar-refractivity contribution in [3.63, 3.8) is 0 Å². The Labute approximate surface area is 107 Å². The molecule has 1 spiro atoms. The van der Waals surface area contributed by atoms with Gasteiger partial charge in [-0.05, 0) is 30.6 Å². The molecule has 3 fully saturated rings. The lowest BCUT2D eigenvalue weighted by Gasteiger charge is -2.36. The van der Waals surface area contributed by atoms with Crippen LogP contribution < -0.4 is 0 Å². The highest BCUT2D eigenvalue weighted by atomic mass is 19.3. The number of rotatable bonds is 1. The summed E-state index contributed by atoms with van der Waals surface area (Å²) in [5.74, 6) is -3.23. The molecule has 0 bridgehead atoms. The van der Waals surface area contributed by atoms with Crippen LogP contribution in [0.1, 0.15) is 45.4 Å². The molecule has 1 unspecified atom stereocenters. The minimum Gasteiger partial charge on any atom is -0.342 e. The molecule has 1 amide bonds. The monoisotopic (exact) mass is 257 g/mol. The van der Waals surface area contributed by atoms with E-state index in [1.54, 1.807) is 4.90 Å². The van der Waals surface area contributed by atoms with Gasteiger partial charge in [0.15, 0.2) is 0 Å². The number of amides is 1. The Morgan fingerprint density at radius 2 is 1.83 bits per heavy atom. The predicted octanol–water partition coefficient (Wildman–Crippen LogP) is 3.07. The molecule has 1 atom stereocenters. The van der Waals surface area contributed by atoms with Crippen molar-refractivity contribution < 1.29 is 13.6 Å². The van der Waals surface area contributed by atoms with E-state index in [9.17, 15) is 13.6 Å². The zero-order valence-electron chi connectivity index (χ0n) is 10.9. The minimum atomic E-state index is -2.71. The van der Waals surface area contributed by atoms with Gasteiger partial charge >= 0.3 is 0 Å². The summed E-state index contributed by atoms with van der Waals surface area (Å²) in [6, 6.07) is 0. The van der Waals surface area contributed by atoms with Crippen LogP contribution in [0, 0.1) is 17.3 Å². The van der Waals surface area contributed by atoms with E-state index < -0.39 is 11.8 Å². The first-order valence-corrected chi connectivity index (χ1v) is 7.09. The van der Waals surface area contributed by atoms with Gasteiger partial charge in [-0.25, -0.2) is 8.78 Å². The molecule has 2 nitrogen and oxygen atoms in total. The third-order valence-corrected chi connectivity index (χ3v) is 5.21. The van der Waals surface area contributed by atoms with Gasteiger partial charge in [0.05, 0.1) is 0 Å². The highest BCUT2D eigenvalue weighted by Gasteiger charge is 2.63. The summed E-state index contributed by atoms with van der Waals surface area (Å²) in [5, 5.41) is 0. The normalized spacial score (nSPS) is 42.3. The van der Waals surface area contributed by atoms with E-state index in [1.807, 2.05) is 0 Å². The molecule has 0 radical (unpaired) electrons. The lowest BCUT2D eigenvalue weighted by atomic mass is 9.70. The van der Waals surface area contributed by atoms with Crippen LogP contribution in [0.15, 0.2) is 0 Å². The molecule has 3 rings (SSSR count). The smallest absolute Gasteiger partial charge is 0.260 e. The van der Waals surface area contributed by atoms with Gasteiger partial charge in [0.25, 0.3) is 5.92 Å². The Bertz CT molecular complexity index is 361. The molecular weight excluding hydrogens is 236 g/mol. The van der Waals surface area contributed by atoms with E-state index in [1.165, 1.54) is 25.7 Å².